The summed E-state index contributed by atoms with van der Waals surface area (Å²) in [6.07, 6.45) is 0.511. The summed E-state index contributed by atoms with van der Waals surface area (Å²) in [6, 6.07) is -0.351. The fourth-order valence-corrected chi connectivity index (χ4v) is 5.32. The van der Waals surface area contributed by atoms with Gasteiger partial charge in [-0.3, -0.25) is 14.4 Å². The third kappa shape index (κ3) is 5.67. The van der Waals surface area contributed by atoms with E-state index in [1.165, 1.54) is 4.90 Å². The minimum atomic E-state index is -3.12. The highest BCUT2D eigenvalue weighted by atomic mass is 32.2. The molecule has 154 valence electrons. The molecule has 0 saturated carbocycles. The second-order valence-electron chi connectivity index (χ2n) is 8.15. The lowest BCUT2D eigenvalue weighted by atomic mass is 10.1. The fraction of sp³-hybridized carbons (Fsp3) is 0.833. The summed E-state index contributed by atoms with van der Waals surface area (Å²) in [5, 5.41) is 0. The predicted molar refractivity (Wildman–Crippen MR) is 99.5 cm³/mol. The summed E-state index contributed by atoms with van der Waals surface area (Å²) >= 11 is 0. The average molecular weight is 403 g/mol. The highest BCUT2D eigenvalue weighted by molar-refractivity contribution is 7.91. The Morgan fingerprint density at radius 1 is 1.26 bits per heavy atom. The first-order valence-electron chi connectivity index (χ1n) is 9.46. The van der Waals surface area contributed by atoms with Crippen LogP contribution in [0.1, 0.15) is 40.5 Å². The second-order valence-corrected chi connectivity index (χ2v) is 10.4. The van der Waals surface area contributed by atoms with Crippen LogP contribution in [-0.2, 0) is 29.0 Å². The quantitative estimate of drug-likeness (QED) is 0.574. The lowest BCUT2D eigenvalue weighted by Gasteiger charge is -2.29. The van der Waals surface area contributed by atoms with Crippen LogP contribution in [0.4, 0.5) is 0 Å². The molecule has 0 spiro atoms. The third-order valence-electron chi connectivity index (χ3n) is 4.98. The monoisotopic (exact) mass is 402 g/mol. The van der Waals surface area contributed by atoms with Gasteiger partial charge in [0.05, 0.1) is 17.4 Å². The molecule has 0 aromatic carbocycles. The van der Waals surface area contributed by atoms with Gasteiger partial charge in [-0.1, -0.05) is 13.8 Å². The zero-order valence-corrected chi connectivity index (χ0v) is 17.3. The first kappa shape index (κ1) is 21.7. The van der Waals surface area contributed by atoms with E-state index in [2.05, 4.69) is 0 Å². The Bertz CT molecular complexity index is 688. The van der Waals surface area contributed by atoms with Crippen molar-refractivity contribution in [3.8, 4) is 0 Å². The van der Waals surface area contributed by atoms with E-state index in [0.29, 0.717) is 19.5 Å². The summed E-state index contributed by atoms with van der Waals surface area (Å²) in [6.45, 7) is 7.96. The van der Waals surface area contributed by atoms with E-state index >= 15 is 0 Å². The van der Waals surface area contributed by atoms with Gasteiger partial charge in [-0.25, -0.2) is 8.42 Å². The van der Waals surface area contributed by atoms with Crippen LogP contribution < -0.4 is 0 Å². The number of carbonyl (C=O) groups excluding carboxylic acids is 3. The number of rotatable bonds is 7. The fourth-order valence-electron chi connectivity index (χ4n) is 3.59. The van der Waals surface area contributed by atoms with E-state index in [9.17, 15) is 22.8 Å². The van der Waals surface area contributed by atoms with Crippen molar-refractivity contribution in [3.05, 3.63) is 0 Å². The molecule has 0 aromatic rings. The minimum absolute atomic E-state index is 0.0165. The lowest BCUT2D eigenvalue weighted by Crippen LogP contribution is -2.45. The van der Waals surface area contributed by atoms with Crippen LogP contribution >= 0.6 is 0 Å². The molecule has 0 bridgehead atoms. The first-order chi connectivity index (χ1) is 12.5. The van der Waals surface area contributed by atoms with Crippen LogP contribution in [0.5, 0.6) is 0 Å². The van der Waals surface area contributed by atoms with Crippen LogP contribution in [0.25, 0.3) is 0 Å². The van der Waals surface area contributed by atoms with Crippen molar-refractivity contribution in [3.63, 3.8) is 0 Å². The molecule has 9 heteroatoms. The molecule has 0 aromatic heterocycles. The molecule has 2 aliphatic heterocycles. The summed E-state index contributed by atoms with van der Waals surface area (Å²) in [4.78, 5) is 40.0. The van der Waals surface area contributed by atoms with Gasteiger partial charge < -0.3 is 14.5 Å². The molecule has 2 atom stereocenters. The molecule has 2 rings (SSSR count). The Morgan fingerprint density at radius 2 is 1.93 bits per heavy atom. The number of esters is 1. The standard InChI is InChI=1S/C18H30N2O6S/c1-12(2)8-20(15-5-6-27(24,25)11-15)17(22)10-26-18(23)14-7-16(21)19(9-14)13(3)4/h12-15H,5-11H2,1-4H3. The van der Waals surface area contributed by atoms with Gasteiger partial charge in [0, 0.05) is 31.6 Å². The number of carbonyl (C=O) groups is 3. The maximum Gasteiger partial charge on any atom is 0.311 e. The molecule has 2 heterocycles. The van der Waals surface area contributed by atoms with E-state index in [0.717, 1.165) is 0 Å². The molecule has 27 heavy (non-hydrogen) atoms. The Balaban J connectivity index is 1.93. The van der Waals surface area contributed by atoms with E-state index in [4.69, 9.17) is 4.74 Å². The van der Waals surface area contributed by atoms with Crippen LogP contribution in [0.3, 0.4) is 0 Å². The zero-order chi connectivity index (χ0) is 20.4. The summed E-state index contributed by atoms with van der Waals surface area (Å²) < 4.78 is 28.7. The highest BCUT2D eigenvalue weighted by Crippen LogP contribution is 2.22. The highest BCUT2D eigenvalue weighted by Gasteiger charge is 2.38. The normalized spacial score (nSPS) is 24.7. The van der Waals surface area contributed by atoms with E-state index in [-0.39, 0.29) is 47.7 Å². The van der Waals surface area contributed by atoms with Crippen LogP contribution in [0, 0.1) is 11.8 Å². The number of hydrogen-bond acceptors (Lipinski definition) is 6. The molecule has 2 amide bonds. The SMILES string of the molecule is CC(C)CN(C(=O)COC(=O)C1CC(=O)N(C(C)C)C1)C1CCS(=O)(=O)C1. The molecule has 2 fully saturated rings. The van der Waals surface area contributed by atoms with Crippen LogP contribution in [0.15, 0.2) is 0 Å². The molecule has 8 nitrogen and oxygen atoms in total. The van der Waals surface area contributed by atoms with Gasteiger partial charge in [0.25, 0.3) is 5.91 Å². The van der Waals surface area contributed by atoms with Gasteiger partial charge in [-0.05, 0) is 26.2 Å². The Hall–Kier alpha value is -1.64. The van der Waals surface area contributed by atoms with Crippen molar-refractivity contribution in [2.45, 2.75) is 52.6 Å². The Kier molecular flexibility index (Phi) is 6.88. The van der Waals surface area contributed by atoms with E-state index in [1.54, 1.807) is 4.90 Å². The topological polar surface area (TPSA) is 101 Å². The average Bonchev–Trinajstić information content (AvgIpc) is 3.12. The number of nitrogens with zero attached hydrogens (tertiary/aromatic N) is 2. The maximum absolute atomic E-state index is 12.6. The Morgan fingerprint density at radius 3 is 2.41 bits per heavy atom. The van der Waals surface area contributed by atoms with Gasteiger partial charge in [0.2, 0.25) is 5.91 Å². The molecule has 0 N–H and O–H groups in total. The van der Waals surface area contributed by atoms with Crippen molar-refractivity contribution >= 4 is 27.6 Å². The predicted octanol–water partition coefficient (Wildman–Crippen LogP) is 0.458. The van der Waals surface area contributed by atoms with Gasteiger partial charge >= 0.3 is 5.97 Å². The summed E-state index contributed by atoms with van der Waals surface area (Å²) in [7, 11) is -3.12. The molecule has 0 radical (unpaired) electrons. The summed E-state index contributed by atoms with van der Waals surface area (Å²) in [5.41, 5.74) is 0. The molecule has 2 aliphatic rings. The minimum Gasteiger partial charge on any atom is -0.455 e. The first-order valence-corrected chi connectivity index (χ1v) is 11.3. The van der Waals surface area contributed by atoms with E-state index < -0.39 is 28.3 Å². The van der Waals surface area contributed by atoms with Crippen molar-refractivity contribution < 1.29 is 27.5 Å². The van der Waals surface area contributed by atoms with Gasteiger partial charge in [0.15, 0.2) is 16.4 Å². The van der Waals surface area contributed by atoms with Crippen molar-refractivity contribution in [1.82, 2.24) is 9.80 Å². The van der Waals surface area contributed by atoms with Crippen molar-refractivity contribution in [1.29, 1.82) is 0 Å². The number of amides is 2. The maximum atomic E-state index is 12.6. The number of likely N-dealkylation sites (tertiary alicyclic amines) is 1. The van der Waals surface area contributed by atoms with Gasteiger partial charge in [-0.15, -0.1) is 0 Å². The van der Waals surface area contributed by atoms with Gasteiger partial charge in [0.1, 0.15) is 0 Å². The molecular formula is C18H30N2O6S. The Labute approximate surface area is 161 Å². The van der Waals surface area contributed by atoms with Crippen LogP contribution in [0.2, 0.25) is 0 Å². The smallest absolute Gasteiger partial charge is 0.311 e. The van der Waals surface area contributed by atoms with Crippen molar-refractivity contribution in [2.24, 2.45) is 11.8 Å². The number of sulfone groups is 1. The lowest BCUT2D eigenvalue weighted by molar-refractivity contribution is -0.156. The van der Waals surface area contributed by atoms with Gasteiger partial charge in [-0.2, -0.15) is 0 Å². The summed E-state index contributed by atoms with van der Waals surface area (Å²) in [5.74, 6) is -1.38. The largest absolute Gasteiger partial charge is 0.455 e. The number of ether oxygens (including phenoxy) is 1. The molecule has 2 unspecified atom stereocenters. The zero-order valence-electron chi connectivity index (χ0n) is 16.5. The number of hydrogen-bond donors (Lipinski definition) is 0. The van der Waals surface area contributed by atoms with Crippen LogP contribution in [-0.4, -0.2) is 79.3 Å². The second kappa shape index (κ2) is 8.58. The molecule has 0 aliphatic carbocycles. The molecular weight excluding hydrogens is 372 g/mol. The molecule has 2 saturated heterocycles. The van der Waals surface area contributed by atoms with E-state index in [1.807, 2.05) is 27.7 Å². The van der Waals surface area contributed by atoms with Crippen molar-refractivity contribution in [2.75, 3.05) is 31.2 Å². The third-order valence-corrected chi connectivity index (χ3v) is 6.73.